The summed E-state index contributed by atoms with van der Waals surface area (Å²) in [6.45, 7) is 2.03. The van der Waals surface area contributed by atoms with Crippen LogP contribution in [-0.4, -0.2) is 27.2 Å². The van der Waals surface area contributed by atoms with Gasteiger partial charge in [-0.15, -0.1) is 0 Å². The highest BCUT2D eigenvalue weighted by atomic mass is 32.2. The van der Waals surface area contributed by atoms with Gasteiger partial charge in [-0.2, -0.15) is 5.26 Å². The topological polar surface area (TPSA) is 65.8 Å². The van der Waals surface area contributed by atoms with Gasteiger partial charge in [0.05, 0.1) is 0 Å². The molecule has 86 valence electrons. The fraction of sp³-hybridized carbons (Fsp3) is 0.455. The molecule has 0 spiro atoms. The first kappa shape index (κ1) is 12.7. The van der Waals surface area contributed by atoms with Crippen molar-refractivity contribution >= 4 is 16.5 Å². The SMILES string of the molecule is CC(CCS(C)=O)Nc1ccnc(C#N)c1. The van der Waals surface area contributed by atoms with Crippen LogP contribution in [0.5, 0.6) is 0 Å². The van der Waals surface area contributed by atoms with E-state index in [1.807, 2.05) is 19.1 Å². The van der Waals surface area contributed by atoms with Gasteiger partial charge in [0.1, 0.15) is 11.8 Å². The van der Waals surface area contributed by atoms with Crippen molar-refractivity contribution in [2.45, 2.75) is 19.4 Å². The molecule has 0 aliphatic rings. The second-order valence-corrected chi connectivity index (χ2v) is 5.21. The molecule has 0 radical (unpaired) electrons. The number of nitrogens with zero attached hydrogens (tertiary/aromatic N) is 2. The summed E-state index contributed by atoms with van der Waals surface area (Å²) in [6, 6.07) is 5.75. The van der Waals surface area contributed by atoms with E-state index in [1.165, 1.54) is 0 Å². The van der Waals surface area contributed by atoms with Gasteiger partial charge >= 0.3 is 0 Å². The van der Waals surface area contributed by atoms with Crippen LogP contribution in [-0.2, 0) is 10.8 Å². The maximum absolute atomic E-state index is 10.9. The smallest absolute Gasteiger partial charge is 0.142 e. The van der Waals surface area contributed by atoms with E-state index in [4.69, 9.17) is 5.26 Å². The van der Waals surface area contributed by atoms with Crippen molar-refractivity contribution in [3.63, 3.8) is 0 Å². The van der Waals surface area contributed by atoms with Crippen LogP contribution < -0.4 is 5.32 Å². The van der Waals surface area contributed by atoms with Gasteiger partial charge < -0.3 is 5.32 Å². The summed E-state index contributed by atoms with van der Waals surface area (Å²) >= 11 is 0. The third-order valence-corrected chi connectivity index (χ3v) is 2.94. The van der Waals surface area contributed by atoms with Gasteiger partial charge in [-0.25, -0.2) is 4.98 Å². The first-order chi connectivity index (χ1) is 7.61. The van der Waals surface area contributed by atoms with Gasteiger partial charge in [0.2, 0.25) is 0 Å². The van der Waals surface area contributed by atoms with Crippen LogP contribution in [0.15, 0.2) is 18.3 Å². The molecule has 16 heavy (non-hydrogen) atoms. The Morgan fingerprint density at radius 2 is 2.44 bits per heavy atom. The Labute approximate surface area is 98.2 Å². The highest BCUT2D eigenvalue weighted by Crippen LogP contribution is 2.10. The number of aromatic nitrogens is 1. The quantitative estimate of drug-likeness (QED) is 0.843. The normalized spacial score (nSPS) is 13.8. The van der Waals surface area contributed by atoms with Crippen LogP contribution >= 0.6 is 0 Å². The summed E-state index contributed by atoms with van der Waals surface area (Å²) in [4.78, 5) is 3.89. The Balaban J connectivity index is 2.52. The molecular formula is C11H15N3OS. The molecule has 0 bridgehead atoms. The number of rotatable bonds is 5. The molecule has 0 saturated heterocycles. The van der Waals surface area contributed by atoms with Gasteiger partial charge in [0.25, 0.3) is 0 Å². The number of hydrogen-bond acceptors (Lipinski definition) is 4. The van der Waals surface area contributed by atoms with Gasteiger partial charge in [-0.3, -0.25) is 4.21 Å². The van der Waals surface area contributed by atoms with E-state index in [0.717, 1.165) is 12.1 Å². The maximum atomic E-state index is 10.9. The third kappa shape index (κ3) is 4.41. The maximum Gasteiger partial charge on any atom is 0.142 e. The number of hydrogen-bond donors (Lipinski definition) is 1. The number of nitrogens with one attached hydrogen (secondary N) is 1. The second kappa shape index (κ2) is 6.23. The lowest BCUT2D eigenvalue weighted by Crippen LogP contribution is -2.17. The molecule has 1 heterocycles. The lowest BCUT2D eigenvalue weighted by molar-refractivity contribution is 0.678. The van der Waals surface area contributed by atoms with Gasteiger partial charge in [0, 0.05) is 40.7 Å². The van der Waals surface area contributed by atoms with Gasteiger partial charge in [-0.1, -0.05) is 0 Å². The van der Waals surface area contributed by atoms with Crippen molar-refractivity contribution in [3.8, 4) is 6.07 Å². The van der Waals surface area contributed by atoms with Crippen LogP contribution in [0.4, 0.5) is 5.69 Å². The molecule has 0 fully saturated rings. The minimum absolute atomic E-state index is 0.234. The van der Waals surface area contributed by atoms with E-state index in [2.05, 4.69) is 10.3 Å². The number of nitriles is 1. The summed E-state index contributed by atoms with van der Waals surface area (Å²) in [7, 11) is -0.755. The number of pyridine rings is 1. The molecule has 1 rings (SSSR count). The third-order valence-electron chi connectivity index (χ3n) is 2.13. The van der Waals surface area contributed by atoms with Gasteiger partial charge in [0.15, 0.2) is 0 Å². The molecule has 1 N–H and O–H groups in total. The Morgan fingerprint density at radius 3 is 3.06 bits per heavy atom. The van der Waals surface area contributed by atoms with Crippen LogP contribution in [0.3, 0.4) is 0 Å². The minimum atomic E-state index is -0.755. The molecular weight excluding hydrogens is 222 g/mol. The number of anilines is 1. The Bertz CT molecular complexity index is 414. The predicted molar refractivity (Wildman–Crippen MR) is 65.6 cm³/mol. The lowest BCUT2D eigenvalue weighted by atomic mass is 10.2. The molecule has 4 nitrogen and oxygen atoms in total. The van der Waals surface area contributed by atoms with E-state index >= 15 is 0 Å². The minimum Gasteiger partial charge on any atom is -0.382 e. The standard InChI is InChI=1S/C11H15N3OS/c1-9(4-6-16(2)15)14-10-3-5-13-11(7-10)8-12/h3,5,7,9H,4,6H2,1-2H3,(H,13,14). The largest absolute Gasteiger partial charge is 0.382 e. The fourth-order valence-corrected chi connectivity index (χ4v) is 1.97. The predicted octanol–water partition coefficient (Wildman–Crippen LogP) is 1.52. The molecule has 1 aromatic rings. The second-order valence-electron chi connectivity index (χ2n) is 3.65. The van der Waals surface area contributed by atoms with Gasteiger partial charge in [-0.05, 0) is 25.5 Å². The van der Waals surface area contributed by atoms with Crippen molar-refractivity contribution in [1.82, 2.24) is 4.98 Å². The molecule has 0 aromatic carbocycles. The van der Waals surface area contributed by atoms with E-state index in [-0.39, 0.29) is 6.04 Å². The first-order valence-electron chi connectivity index (χ1n) is 5.04. The zero-order valence-electron chi connectivity index (χ0n) is 9.43. The molecule has 2 atom stereocenters. The molecule has 5 heteroatoms. The van der Waals surface area contributed by atoms with Crippen molar-refractivity contribution in [3.05, 3.63) is 24.0 Å². The van der Waals surface area contributed by atoms with Crippen LogP contribution in [0, 0.1) is 11.3 Å². The average Bonchev–Trinajstić information content (AvgIpc) is 2.26. The fourth-order valence-electron chi connectivity index (χ4n) is 1.28. The van der Waals surface area contributed by atoms with E-state index in [0.29, 0.717) is 11.4 Å². The first-order valence-corrected chi connectivity index (χ1v) is 6.77. The molecule has 0 aliphatic carbocycles. The molecule has 0 amide bonds. The van der Waals surface area contributed by atoms with Crippen LogP contribution in [0.1, 0.15) is 19.0 Å². The van der Waals surface area contributed by atoms with Crippen molar-refractivity contribution in [2.24, 2.45) is 0 Å². The Morgan fingerprint density at radius 1 is 1.69 bits per heavy atom. The lowest BCUT2D eigenvalue weighted by Gasteiger charge is -2.14. The zero-order chi connectivity index (χ0) is 12.0. The molecule has 1 aromatic heterocycles. The summed E-state index contributed by atoms with van der Waals surface area (Å²) in [6.07, 6.45) is 4.14. The van der Waals surface area contributed by atoms with E-state index < -0.39 is 10.8 Å². The van der Waals surface area contributed by atoms with E-state index in [9.17, 15) is 4.21 Å². The van der Waals surface area contributed by atoms with Crippen LogP contribution in [0.25, 0.3) is 0 Å². The highest BCUT2D eigenvalue weighted by molar-refractivity contribution is 7.84. The highest BCUT2D eigenvalue weighted by Gasteiger charge is 2.04. The molecule has 2 unspecified atom stereocenters. The molecule has 0 saturated carbocycles. The van der Waals surface area contributed by atoms with Crippen molar-refractivity contribution < 1.29 is 4.21 Å². The summed E-state index contributed by atoms with van der Waals surface area (Å²) < 4.78 is 10.9. The van der Waals surface area contributed by atoms with Crippen molar-refractivity contribution in [1.29, 1.82) is 5.26 Å². The van der Waals surface area contributed by atoms with Crippen molar-refractivity contribution in [2.75, 3.05) is 17.3 Å². The summed E-state index contributed by atoms with van der Waals surface area (Å²) in [5.74, 6) is 0.685. The summed E-state index contributed by atoms with van der Waals surface area (Å²) in [5.41, 5.74) is 1.28. The monoisotopic (exact) mass is 237 g/mol. The Kier molecular flexibility index (Phi) is 4.93. The Hall–Kier alpha value is -1.41. The van der Waals surface area contributed by atoms with E-state index in [1.54, 1.807) is 18.5 Å². The zero-order valence-corrected chi connectivity index (χ0v) is 10.3. The average molecular weight is 237 g/mol. The van der Waals surface area contributed by atoms with Crippen LogP contribution in [0.2, 0.25) is 0 Å². The molecule has 0 aliphatic heterocycles. The summed E-state index contributed by atoms with van der Waals surface area (Å²) in [5, 5.41) is 11.9.